The van der Waals surface area contributed by atoms with E-state index in [0.29, 0.717) is 12.1 Å². The standard InChI is InChI=1S/C36H32N6O2/c1-5-13-31-23(9-1)41(24-10-2-6-14-32(24)43-31)29-21-27-28(40-20-18-38-36(40)35-37-17-19-39(27)35)22-30(29)42-25-11-3-7-15-33(25)44-34-16-8-4-12-26(34)42/h1-20,27-30,35-38H,21-22H2. The minimum Gasteiger partial charge on any atom is -0.453 e. The largest absolute Gasteiger partial charge is 0.453 e. The van der Waals surface area contributed by atoms with Crippen molar-refractivity contribution >= 4 is 22.7 Å². The number of anilines is 4. The molecular weight excluding hydrogens is 548 g/mol. The van der Waals surface area contributed by atoms with Crippen LogP contribution >= 0.6 is 0 Å². The summed E-state index contributed by atoms with van der Waals surface area (Å²) in [6, 6.07) is 34.8. The lowest BCUT2D eigenvalue weighted by Gasteiger charge is -2.59. The molecule has 5 aliphatic heterocycles. The Hall–Kier alpha value is -5.24. The van der Waals surface area contributed by atoms with E-state index in [4.69, 9.17) is 9.47 Å². The number of para-hydroxylation sites is 8. The van der Waals surface area contributed by atoms with Gasteiger partial charge in [0, 0.05) is 24.8 Å². The number of piperazine rings is 1. The van der Waals surface area contributed by atoms with Crippen LogP contribution in [0.5, 0.6) is 23.0 Å². The highest BCUT2D eigenvalue weighted by atomic mass is 16.5. The van der Waals surface area contributed by atoms with Gasteiger partial charge in [0.2, 0.25) is 0 Å². The third kappa shape index (κ3) is 3.33. The molecule has 4 aromatic carbocycles. The number of nitrogens with one attached hydrogen (secondary N) is 2. The molecule has 2 N–H and O–H groups in total. The van der Waals surface area contributed by atoms with Crippen LogP contribution in [0.2, 0.25) is 0 Å². The maximum absolute atomic E-state index is 6.49. The number of hydrogen-bond donors (Lipinski definition) is 2. The van der Waals surface area contributed by atoms with Gasteiger partial charge in [0.15, 0.2) is 23.0 Å². The Kier molecular flexibility index (Phi) is 5.03. The normalized spacial score (nSPS) is 28.2. The third-order valence-electron chi connectivity index (χ3n) is 10.2. The minimum atomic E-state index is 0.118. The molecule has 218 valence electrons. The van der Waals surface area contributed by atoms with Gasteiger partial charge in [-0.2, -0.15) is 0 Å². The second-order valence-electron chi connectivity index (χ2n) is 12.3. The average molecular weight is 581 g/mol. The summed E-state index contributed by atoms with van der Waals surface area (Å²) in [7, 11) is 0. The van der Waals surface area contributed by atoms with Gasteiger partial charge in [-0.25, -0.2) is 0 Å². The van der Waals surface area contributed by atoms with Crippen LogP contribution in [0, 0.1) is 0 Å². The molecule has 6 atom stereocenters. The molecule has 0 aromatic heterocycles. The SMILES string of the molecule is C1=CN2C3CC(N4c5ccccc5Oc5ccccc54)C(N4c5ccccc5Oc5ccccc54)CC3N3C=CNC3C2N1. The van der Waals surface area contributed by atoms with Gasteiger partial charge in [0.1, 0.15) is 12.3 Å². The van der Waals surface area contributed by atoms with Crippen molar-refractivity contribution in [2.45, 2.75) is 49.3 Å². The molecule has 8 heteroatoms. The predicted octanol–water partition coefficient (Wildman–Crippen LogP) is 6.56. The molecule has 1 saturated carbocycles. The monoisotopic (exact) mass is 580 g/mol. The fourth-order valence-electron chi connectivity index (χ4n) is 8.45. The summed E-state index contributed by atoms with van der Waals surface area (Å²) in [5.74, 6) is 3.58. The van der Waals surface area contributed by atoms with Crippen molar-refractivity contribution in [1.82, 2.24) is 20.4 Å². The van der Waals surface area contributed by atoms with Crippen molar-refractivity contribution in [3.8, 4) is 23.0 Å². The highest BCUT2D eigenvalue weighted by Gasteiger charge is 2.55. The summed E-state index contributed by atoms with van der Waals surface area (Å²) < 4.78 is 13.0. The summed E-state index contributed by atoms with van der Waals surface area (Å²) in [5.41, 5.74) is 4.44. The lowest BCUT2D eigenvalue weighted by molar-refractivity contribution is -0.0357. The van der Waals surface area contributed by atoms with Gasteiger partial charge in [-0.15, -0.1) is 0 Å². The second kappa shape index (κ2) is 9.13. The molecular formula is C36H32N6O2. The number of ether oxygens (including phenoxy) is 2. The van der Waals surface area contributed by atoms with Crippen LogP contribution in [0.3, 0.4) is 0 Å². The lowest BCUT2D eigenvalue weighted by Crippen LogP contribution is -2.73. The van der Waals surface area contributed by atoms with Crippen LogP contribution in [0.25, 0.3) is 0 Å². The van der Waals surface area contributed by atoms with Crippen molar-refractivity contribution in [2.24, 2.45) is 0 Å². The molecule has 5 heterocycles. The van der Waals surface area contributed by atoms with Crippen LogP contribution in [-0.2, 0) is 0 Å². The molecule has 2 fully saturated rings. The van der Waals surface area contributed by atoms with Crippen molar-refractivity contribution in [3.05, 3.63) is 122 Å². The zero-order valence-corrected chi connectivity index (χ0v) is 24.0. The van der Waals surface area contributed by atoms with Crippen LogP contribution < -0.4 is 29.9 Å². The van der Waals surface area contributed by atoms with E-state index in [-0.39, 0.29) is 24.4 Å². The molecule has 10 rings (SSSR count). The summed E-state index contributed by atoms with van der Waals surface area (Å²) >= 11 is 0. The smallest absolute Gasteiger partial charge is 0.151 e. The van der Waals surface area contributed by atoms with Crippen molar-refractivity contribution in [1.29, 1.82) is 0 Å². The Morgan fingerprint density at radius 1 is 0.455 bits per heavy atom. The van der Waals surface area contributed by atoms with E-state index in [9.17, 15) is 0 Å². The second-order valence-corrected chi connectivity index (χ2v) is 12.3. The van der Waals surface area contributed by atoms with Gasteiger partial charge in [-0.1, -0.05) is 48.5 Å². The van der Waals surface area contributed by atoms with E-state index in [1.807, 2.05) is 0 Å². The topological polar surface area (TPSA) is 55.5 Å². The molecule has 0 spiro atoms. The van der Waals surface area contributed by atoms with Crippen LogP contribution in [0.1, 0.15) is 12.8 Å². The van der Waals surface area contributed by atoms with Crippen LogP contribution in [0.4, 0.5) is 22.7 Å². The Labute approximate surface area is 256 Å². The number of rotatable bonds is 2. The Balaban J connectivity index is 1.19. The van der Waals surface area contributed by atoms with Gasteiger partial charge in [0.25, 0.3) is 0 Å². The van der Waals surface area contributed by atoms with Gasteiger partial charge in [-0.05, 0) is 61.4 Å². The van der Waals surface area contributed by atoms with Crippen LogP contribution in [0.15, 0.2) is 122 Å². The zero-order chi connectivity index (χ0) is 28.8. The van der Waals surface area contributed by atoms with Gasteiger partial charge >= 0.3 is 0 Å². The first-order chi connectivity index (χ1) is 21.8. The first-order valence-corrected chi connectivity index (χ1v) is 15.5. The Morgan fingerprint density at radius 3 is 1.16 bits per heavy atom. The molecule has 1 aliphatic carbocycles. The van der Waals surface area contributed by atoms with E-state index in [0.717, 1.165) is 58.6 Å². The van der Waals surface area contributed by atoms with Gasteiger partial charge < -0.3 is 39.7 Å². The number of fused-ring (bicyclic) bond motifs is 10. The van der Waals surface area contributed by atoms with E-state index in [1.165, 1.54) is 0 Å². The van der Waals surface area contributed by atoms with Crippen molar-refractivity contribution in [3.63, 3.8) is 0 Å². The first kappa shape index (κ1) is 24.2. The minimum absolute atomic E-state index is 0.118. The fraction of sp³-hybridized carbons (Fsp3) is 0.222. The van der Waals surface area contributed by atoms with E-state index < -0.39 is 0 Å². The summed E-state index contributed by atoms with van der Waals surface area (Å²) in [6.07, 6.45) is 11.0. The van der Waals surface area contributed by atoms with E-state index in [2.05, 4.69) is 152 Å². The molecule has 4 aromatic rings. The zero-order valence-electron chi connectivity index (χ0n) is 24.0. The van der Waals surface area contributed by atoms with Crippen molar-refractivity contribution in [2.75, 3.05) is 9.80 Å². The Morgan fingerprint density at radius 2 is 0.795 bits per heavy atom. The maximum atomic E-state index is 6.49. The molecule has 0 amide bonds. The number of nitrogens with zero attached hydrogens (tertiary/aromatic N) is 4. The number of benzene rings is 4. The van der Waals surface area contributed by atoms with Gasteiger partial charge in [0.05, 0.1) is 46.9 Å². The van der Waals surface area contributed by atoms with Crippen LogP contribution in [-0.4, -0.2) is 46.3 Å². The quantitative estimate of drug-likeness (QED) is 0.277. The predicted molar refractivity (Wildman–Crippen MR) is 170 cm³/mol. The molecule has 44 heavy (non-hydrogen) atoms. The summed E-state index contributed by atoms with van der Waals surface area (Å²) in [5, 5.41) is 7.26. The van der Waals surface area contributed by atoms with Crippen molar-refractivity contribution < 1.29 is 9.47 Å². The molecule has 1 saturated heterocycles. The molecule has 8 nitrogen and oxygen atoms in total. The average Bonchev–Trinajstić information content (AvgIpc) is 3.76. The van der Waals surface area contributed by atoms with E-state index in [1.54, 1.807) is 0 Å². The molecule has 0 bridgehead atoms. The summed E-state index contributed by atoms with van der Waals surface area (Å²) in [4.78, 5) is 10.3. The Bertz CT molecular complexity index is 1620. The number of hydrogen-bond acceptors (Lipinski definition) is 8. The lowest BCUT2D eigenvalue weighted by atomic mass is 9.77. The molecule has 6 aliphatic rings. The third-order valence-corrected chi connectivity index (χ3v) is 10.2. The summed E-state index contributed by atoms with van der Waals surface area (Å²) in [6.45, 7) is 0. The maximum Gasteiger partial charge on any atom is 0.151 e. The fourth-order valence-corrected chi connectivity index (χ4v) is 8.45. The highest BCUT2D eigenvalue weighted by Crippen LogP contribution is 2.55. The first-order valence-electron chi connectivity index (χ1n) is 15.5. The van der Waals surface area contributed by atoms with Gasteiger partial charge in [-0.3, -0.25) is 0 Å². The van der Waals surface area contributed by atoms with E-state index >= 15 is 0 Å². The molecule has 0 radical (unpaired) electrons. The molecule has 6 unspecified atom stereocenters. The highest BCUT2D eigenvalue weighted by molar-refractivity contribution is 5.82.